The van der Waals surface area contributed by atoms with Gasteiger partial charge in [-0.2, -0.15) is 0 Å². The van der Waals surface area contributed by atoms with Crippen LogP contribution in [0.5, 0.6) is 5.75 Å². The molecule has 0 spiro atoms. The summed E-state index contributed by atoms with van der Waals surface area (Å²) in [6.45, 7) is 4.39. The summed E-state index contributed by atoms with van der Waals surface area (Å²) in [6, 6.07) is 16.4. The van der Waals surface area contributed by atoms with E-state index in [-0.39, 0.29) is 11.9 Å². The minimum atomic E-state index is 0.0806. The van der Waals surface area contributed by atoms with Crippen LogP contribution in [0.3, 0.4) is 0 Å². The fourth-order valence-corrected chi connectivity index (χ4v) is 3.81. The van der Waals surface area contributed by atoms with Gasteiger partial charge in [-0.1, -0.05) is 54.1 Å². The van der Waals surface area contributed by atoms with E-state index in [1.807, 2.05) is 47.4 Å². The molecule has 2 aromatic rings. The van der Waals surface area contributed by atoms with Crippen molar-refractivity contribution in [2.75, 3.05) is 11.4 Å². The first kappa shape index (κ1) is 19.1. The fourth-order valence-electron chi connectivity index (χ4n) is 3.81. The van der Waals surface area contributed by atoms with Crippen LogP contribution >= 0.6 is 0 Å². The van der Waals surface area contributed by atoms with Crippen molar-refractivity contribution in [1.29, 1.82) is 0 Å². The maximum Gasteiger partial charge on any atom is 0.223 e. The van der Waals surface area contributed by atoms with Crippen molar-refractivity contribution < 1.29 is 9.53 Å². The van der Waals surface area contributed by atoms with Gasteiger partial charge in [0.1, 0.15) is 11.5 Å². The molecule has 1 atom stereocenters. The Morgan fingerprint density at radius 3 is 2.69 bits per heavy atom. The Hall–Kier alpha value is -3.27. The molecule has 1 aliphatic carbocycles. The SMILES string of the molecule is CC(=O)N1CCC(NC2=C(Oc3ccc(C)cc3)CC=CC=C2)c2ccccc21. The summed E-state index contributed by atoms with van der Waals surface area (Å²) in [5.41, 5.74) is 4.31. The molecule has 1 heterocycles. The molecule has 148 valence electrons. The number of fused-ring (bicyclic) bond motifs is 1. The van der Waals surface area contributed by atoms with Crippen molar-refractivity contribution in [3.8, 4) is 5.75 Å². The Labute approximate surface area is 172 Å². The number of benzene rings is 2. The zero-order chi connectivity index (χ0) is 20.2. The van der Waals surface area contributed by atoms with Crippen molar-refractivity contribution in [1.82, 2.24) is 5.32 Å². The second-order valence-corrected chi connectivity index (χ2v) is 7.46. The van der Waals surface area contributed by atoms with Gasteiger partial charge in [0.2, 0.25) is 5.91 Å². The van der Waals surface area contributed by atoms with Crippen molar-refractivity contribution in [3.05, 3.63) is 95.4 Å². The maximum atomic E-state index is 12.0. The Morgan fingerprint density at radius 1 is 1.10 bits per heavy atom. The van der Waals surface area contributed by atoms with Crippen LogP contribution in [-0.2, 0) is 4.79 Å². The summed E-state index contributed by atoms with van der Waals surface area (Å²) in [5.74, 6) is 1.81. The average Bonchev–Trinajstić information content (AvgIpc) is 2.95. The third-order valence-corrected chi connectivity index (χ3v) is 5.33. The second-order valence-electron chi connectivity index (χ2n) is 7.46. The zero-order valence-electron chi connectivity index (χ0n) is 16.9. The second kappa shape index (κ2) is 8.39. The van der Waals surface area contributed by atoms with Gasteiger partial charge in [0.05, 0.1) is 11.7 Å². The van der Waals surface area contributed by atoms with Crippen molar-refractivity contribution in [2.24, 2.45) is 0 Å². The molecule has 1 unspecified atom stereocenters. The van der Waals surface area contributed by atoms with E-state index >= 15 is 0 Å². The first-order valence-corrected chi connectivity index (χ1v) is 10.1. The van der Waals surface area contributed by atoms with Gasteiger partial charge < -0.3 is 15.0 Å². The molecule has 4 heteroatoms. The number of allylic oxidation sites excluding steroid dienone is 4. The minimum absolute atomic E-state index is 0.0806. The monoisotopic (exact) mass is 386 g/mol. The molecular formula is C25H26N2O2. The quantitative estimate of drug-likeness (QED) is 0.786. The van der Waals surface area contributed by atoms with E-state index in [0.29, 0.717) is 6.54 Å². The first-order chi connectivity index (χ1) is 14.1. The molecule has 2 aliphatic rings. The molecule has 4 nitrogen and oxygen atoms in total. The Kier molecular flexibility index (Phi) is 5.52. The van der Waals surface area contributed by atoms with Gasteiger partial charge in [0, 0.05) is 25.6 Å². The number of anilines is 1. The number of nitrogens with zero attached hydrogens (tertiary/aromatic N) is 1. The van der Waals surface area contributed by atoms with Crippen LogP contribution in [-0.4, -0.2) is 12.5 Å². The summed E-state index contributed by atoms with van der Waals surface area (Å²) in [6.07, 6.45) is 9.80. The minimum Gasteiger partial charge on any atom is -0.459 e. The maximum absolute atomic E-state index is 12.0. The third kappa shape index (κ3) is 4.27. The summed E-state index contributed by atoms with van der Waals surface area (Å²) in [4.78, 5) is 13.9. The highest BCUT2D eigenvalue weighted by Crippen LogP contribution is 2.35. The van der Waals surface area contributed by atoms with Crippen molar-refractivity contribution in [3.63, 3.8) is 0 Å². The number of nitrogens with one attached hydrogen (secondary N) is 1. The van der Waals surface area contributed by atoms with Gasteiger partial charge in [-0.15, -0.1) is 0 Å². The van der Waals surface area contributed by atoms with Crippen LogP contribution < -0.4 is 15.0 Å². The van der Waals surface area contributed by atoms with Gasteiger partial charge >= 0.3 is 0 Å². The number of carbonyl (C=O) groups excluding carboxylic acids is 1. The summed E-state index contributed by atoms with van der Waals surface area (Å²) >= 11 is 0. The standard InChI is InChI=1S/C25H26N2O2/c1-18-12-14-20(15-13-18)29-25-11-5-3-4-9-23(25)26-22-16-17-27(19(2)28)24-10-7-6-8-21(22)24/h3-10,12-15,22,26H,11,16-17H2,1-2H3. The van der Waals surface area contributed by atoms with E-state index in [9.17, 15) is 4.79 Å². The lowest BCUT2D eigenvalue weighted by Gasteiger charge is -2.35. The Morgan fingerprint density at radius 2 is 1.90 bits per heavy atom. The van der Waals surface area contributed by atoms with Gasteiger partial charge in [0.15, 0.2) is 0 Å². The van der Waals surface area contributed by atoms with E-state index in [0.717, 1.165) is 41.3 Å². The lowest BCUT2D eigenvalue weighted by Crippen LogP contribution is -2.38. The average molecular weight is 386 g/mol. The molecule has 1 amide bonds. The largest absolute Gasteiger partial charge is 0.459 e. The fraction of sp³-hybridized carbons (Fsp3) is 0.240. The lowest BCUT2D eigenvalue weighted by molar-refractivity contribution is -0.116. The van der Waals surface area contributed by atoms with E-state index < -0.39 is 0 Å². The topological polar surface area (TPSA) is 41.6 Å². The van der Waals surface area contributed by atoms with E-state index in [1.165, 1.54) is 5.56 Å². The van der Waals surface area contributed by atoms with E-state index in [1.54, 1.807) is 6.92 Å². The third-order valence-electron chi connectivity index (χ3n) is 5.33. The molecule has 0 aromatic heterocycles. The predicted molar refractivity (Wildman–Crippen MR) is 117 cm³/mol. The molecular weight excluding hydrogens is 360 g/mol. The number of rotatable bonds is 4. The van der Waals surface area contributed by atoms with Gasteiger partial charge in [-0.3, -0.25) is 4.79 Å². The van der Waals surface area contributed by atoms with Crippen LogP contribution in [0.4, 0.5) is 5.69 Å². The number of ether oxygens (including phenoxy) is 1. The molecule has 0 saturated heterocycles. The molecule has 0 bridgehead atoms. The highest BCUT2D eigenvalue weighted by atomic mass is 16.5. The Balaban J connectivity index is 1.63. The van der Waals surface area contributed by atoms with E-state index in [2.05, 4.69) is 42.6 Å². The molecule has 4 rings (SSSR count). The number of amides is 1. The number of carbonyl (C=O) groups is 1. The summed E-state index contributed by atoms with van der Waals surface area (Å²) in [5, 5.41) is 3.69. The summed E-state index contributed by atoms with van der Waals surface area (Å²) < 4.78 is 6.24. The normalized spacial score (nSPS) is 18.3. The van der Waals surface area contributed by atoms with Crippen LogP contribution in [0.25, 0.3) is 0 Å². The molecule has 29 heavy (non-hydrogen) atoms. The number of hydrogen-bond acceptors (Lipinski definition) is 3. The number of para-hydroxylation sites is 1. The molecule has 0 saturated carbocycles. The number of hydrogen-bond donors (Lipinski definition) is 1. The van der Waals surface area contributed by atoms with Crippen LogP contribution in [0, 0.1) is 6.92 Å². The van der Waals surface area contributed by atoms with Crippen LogP contribution in [0.2, 0.25) is 0 Å². The van der Waals surface area contributed by atoms with Gasteiger partial charge in [-0.25, -0.2) is 0 Å². The van der Waals surface area contributed by atoms with Crippen LogP contribution in [0.15, 0.2) is 84.3 Å². The molecule has 1 N–H and O–H groups in total. The highest BCUT2D eigenvalue weighted by Gasteiger charge is 2.27. The smallest absolute Gasteiger partial charge is 0.223 e. The van der Waals surface area contributed by atoms with Gasteiger partial charge in [0.25, 0.3) is 0 Å². The lowest BCUT2D eigenvalue weighted by atomic mass is 9.96. The summed E-state index contributed by atoms with van der Waals surface area (Å²) in [7, 11) is 0. The Bertz CT molecular complexity index is 986. The van der Waals surface area contributed by atoms with Crippen molar-refractivity contribution >= 4 is 11.6 Å². The van der Waals surface area contributed by atoms with Crippen molar-refractivity contribution in [2.45, 2.75) is 32.7 Å². The number of aryl methyl sites for hydroxylation is 1. The first-order valence-electron chi connectivity index (χ1n) is 10.1. The molecule has 1 aliphatic heterocycles. The zero-order valence-corrected chi connectivity index (χ0v) is 16.9. The van der Waals surface area contributed by atoms with E-state index in [4.69, 9.17) is 4.74 Å². The highest BCUT2D eigenvalue weighted by molar-refractivity contribution is 5.93. The van der Waals surface area contributed by atoms with Crippen LogP contribution in [0.1, 0.15) is 36.9 Å². The molecule has 0 radical (unpaired) electrons. The predicted octanol–water partition coefficient (Wildman–Crippen LogP) is 5.19. The molecule has 2 aromatic carbocycles. The van der Waals surface area contributed by atoms with Gasteiger partial charge in [-0.05, 0) is 43.2 Å². The molecule has 0 fully saturated rings.